The fourth-order valence-corrected chi connectivity index (χ4v) is 2.73. The summed E-state index contributed by atoms with van der Waals surface area (Å²) in [5.74, 6) is 0.348. The van der Waals surface area contributed by atoms with Gasteiger partial charge in [-0.1, -0.05) is 19.4 Å². The number of nitrogens with one attached hydrogen (secondary N) is 1. The Balaban J connectivity index is 1.99. The highest BCUT2D eigenvalue weighted by Gasteiger charge is 2.20. The van der Waals surface area contributed by atoms with Crippen molar-refractivity contribution < 1.29 is 10.2 Å². The molecule has 2 unspecified atom stereocenters. The van der Waals surface area contributed by atoms with Gasteiger partial charge in [0.2, 0.25) is 0 Å². The van der Waals surface area contributed by atoms with Crippen molar-refractivity contribution in [3.05, 3.63) is 29.3 Å². The van der Waals surface area contributed by atoms with Crippen molar-refractivity contribution in [2.24, 2.45) is 0 Å². The van der Waals surface area contributed by atoms with Crippen molar-refractivity contribution >= 4 is 0 Å². The van der Waals surface area contributed by atoms with Gasteiger partial charge in [0, 0.05) is 12.6 Å². The topological polar surface area (TPSA) is 52.5 Å². The predicted molar refractivity (Wildman–Crippen MR) is 72.7 cm³/mol. The van der Waals surface area contributed by atoms with E-state index >= 15 is 0 Å². The molecule has 100 valence electrons. The Bertz CT molecular complexity index is 392. The number of rotatable bonds is 5. The monoisotopic (exact) mass is 249 g/mol. The predicted octanol–water partition coefficient (Wildman–Crippen LogP) is 2.52. The lowest BCUT2D eigenvalue weighted by Crippen LogP contribution is -2.32. The molecule has 0 saturated heterocycles. The first-order chi connectivity index (χ1) is 8.70. The summed E-state index contributed by atoms with van der Waals surface area (Å²) >= 11 is 0. The maximum Gasteiger partial charge on any atom is 0.115 e. The first-order valence-electron chi connectivity index (χ1n) is 6.94. The number of phenols is 1. The van der Waals surface area contributed by atoms with Crippen LogP contribution in [0.1, 0.15) is 49.8 Å². The van der Waals surface area contributed by atoms with Crippen LogP contribution in [0.2, 0.25) is 0 Å². The van der Waals surface area contributed by atoms with Crippen molar-refractivity contribution in [2.45, 2.75) is 51.2 Å². The third kappa shape index (κ3) is 3.24. The molecule has 18 heavy (non-hydrogen) atoms. The third-order valence-electron chi connectivity index (χ3n) is 3.66. The number of phenolic OH excluding ortho intramolecular Hbond substituents is 1. The molecule has 0 aliphatic heterocycles. The lowest BCUT2D eigenvalue weighted by Gasteiger charge is -2.27. The molecule has 3 nitrogen and oxygen atoms in total. The first-order valence-corrected chi connectivity index (χ1v) is 6.94. The Labute approximate surface area is 109 Å². The summed E-state index contributed by atoms with van der Waals surface area (Å²) in [5, 5.41) is 22.7. The third-order valence-corrected chi connectivity index (χ3v) is 3.66. The minimum absolute atomic E-state index is 0.252. The van der Waals surface area contributed by atoms with Crippen LogP contribution in [-0.4, -0.2) is 22.9 Å². The van der Waals surface area contributed by atoms with Gasteiger partial charge in [0.05, 0.1) is 6.10 Å². The van der Waals surface area contributed by atoms with Gasteiger partial charge in [-0.25, -0.2) is 0 Å². The summed E-state index contributed by atoms with van der Waals surface area (Å²) < 4.78 is 0. The number of hydrogen-bond donors (Lipinski definition) is 3. The van der Waals surface area contributed by atoms with Crippen LogP contribution in [0.3, 0.4) is 0 Å². The number of aliphatic hydroxyl groups excluding tert-OH is 1. The second-order valence-electron chi connectivity index (χ2n) is 5.18. The zero-order valence-corrected chi connectivity index (χ0v) is 11.0. The molecular weight excluding hydrogens is 226 g/mol. The van der Waals surface area contributed by atoms with Crippen LogP contribution in [0, 0.1) is 0 Å². The van der Waals surface area contributed by atoms with Gasteiger partial charge in [0.15, 0.2) is 0 Å². The molecule has 0 aromatic heterocycles. The molecule has 1 aliphatic rings. The van der Waals surface area contributed by atoms with E-state index in [0.29, 0.717) is 18.3 Å². The number of aliphatic hydroxyl groups is 1. The SMILES string of the molecule is CCCC(O)CNC1CCCc2cc(O)ccc21. The maximum atomic E-state index is 9.77. The van der Waals surface area contributed by atoms with Crippen LogP contribution in [0.25, 0.3) is 0 Å². The van der Waals surface area contributed by atoms with Gasteiger partial charge in [-0.3, -0.25) is 0 Å². The molecule has 1 aromatic carbocycles. The number of aryl methyl sites for hydroxylation is 1. The number of fused-ring (bicyclic) bond motifs is 1. The van der Waals surface area contributed by atoms with E-state index in [9.17, 15) is 10.2 Å². The second-order valence-corrected chi connectivity index (χ2v) is 5.18. The highest BCUT2D eigenvalue weighted by molar-refractivity contribution is 5.38. The van der Waals surface area contributed by atoms with Gasteiger partial charge < -0.3 is 15.5 Å². The molecule has 1 aromatic rings. The van der Waals surface area contributed by atoms with E-state index in [2.05, 4.69) is 12.2 Å². The van der Waals surface area contributed by atoms with Crippen LogP contribution in [-0.2, 0) is 6.42 Å². The van der Waals surface area contributed by atoms with E-state index in [1.54, 1.807) is 6.07 Å². The van der Waals surface area contributed by atoms with Crippen LogP contribution < -0.4 is 5.32 Å². The molecule has 0 fully saturated rings. The fraction of sp³-hybridized carbons (Fsp3) is 0.600. The number of benzene rings is 1. The van der Waals surface area contributed by atoms with E-state index < -0.39 is 0 Å². The van der Waals surface area contributed by atoms with E-state index in [0.717, 1.165) is 32.1 Å². The molecule has 2 atom stereocenters. The van der Waals surface area contributed by atoms with Gasteiger partial charge >= 0.3 is 0 Å². The average molecular weight is 249 g/mol. The van der Waals surface area contributed by atoms with Crippen LogP contribution in [0.15, 0.2) is 18.2 Å². The quantitative estimate of drug-likeness (QED) is 0.751. The number of hydrogen-bond acceptors (Lipinski definition) is 3. The van der Waals surface area contributed by atoms with E-state index in [1.807, 2.05) is 12.1 Å². The molecule has 0 saturated carbocycles. The Hall–Kier alpha value is -1.06. The van der Waals surface area contributed by atoms with Gasteiger partial charge in [-0.05, 0) is 48.9 Å². The van der Waals surface area contributed by atoms with Crippen LogP contribution >= 0.6 is 0 Å². The van der Waals surface area contributed by atoms with E-state index in [-0.39, 0.29) is 6.10 Å². The lowest BCUT2D eigenvalue weighted by atomic mass is 9.87. The maximum absolute atomic E-state index is 9.77. The fourth-order valence-electron chi connectivity index (χ4n) is 2.73. The molecule has 0 radical (unpaired) electrons. The summed E-state index contributed by atoms with van der Waals surface area (Å²) in [5.41, 5.74) is 2.52. The van der Waals surface area contributed by atoms with E-state index in [4.69, 9.17) is 0 Å². The standard InChI is InChI=1S/C15H23NO2/c1-2-4-13(18)10-16-15-6-3-5-11-9-12(17)7-8-14(11)15/h7-9,13,15-18H,2-6,10H2,1H3. The van der Waals surface area contributed by atoms with Crippen LogP contribution in [0.4, 0.5) is 0 Å². The van der Waals surface area contributed by atoms with Crippen molar-refractivity contribution in [3.8, 4) is 5.75 Å². The molecule has 3 heteroatoms. The van der Waals surface area contributed by atoms with E-state index in [1.165, 1.54) is 11.1 Å². The molecular formula is C15H23NO2. The normalized spacial score (nSPS) is 20.4. The van der Waals surface area contributed by atoms with Crippen molar-refractivity contribution in [3.63, 3.8) is 0 Å². The molecule has 1 aliphatic carbocycles. The second kappa shape index (κ2) is 6.21. The summed E-state index contributed by atoms with van der Waals surface area (Å²) in [6.07, 6.45) is 4.89. The number of aromatic hydroxyl groups is 1. The van der Waals surface area contributed by atoms with Crippen molar-refractivity contribution in [1.82, 2.24) is 5.32 Å². The van der Waals surface area contributed by atoms with Crippen LogP contribution in [0.5, 0.6) is 5.75 Å². The van der Waals surface area contributed by atoms with Gasteiger partial charge in [0.1, 0.15) is 5.75 Å². The highest BCUT2D eigenvalue weighted by Crippen LogP contribution is 2.31. The Morgan fingerprint density at radius 3 is 3.06 bits per heavy atom. The van der Waals surface area contributed by atoms with Gasteiger partial charge in [-0.15, -0.1) is 0 Å². The summed E-state index contributed by atoms with van der Waals surface area (Å²) in [7, 11) is 0. The highest BCUT2D eigenvalue weighted by atomic mass is 16.3. The smallest absolute Gasteiger partial charge is 0.115 e. The lowest BCUT2D eigenvalue weighted by molar-refractivity contribution is 0.155. The average Bonchev–Trinajstić information content (AvgIpc) is 2.36. The summed E-state index contributed by atoms with van der Waals surface area (Å²) in [4.78, 5) is 0. The Morgan fingerprint density at radius 2 is 2.28 bits per heavy atom. The molecule has 0 heterocycles. The minimum Gasteiger partial charge on any atom is -0.508 e. The molecule has 3 N–H and O–H groups in total. The molecule has 0 amide bonds. The minimum atomic E-state index is -0.252. The first kappa shape index (κ1) is 13.4. The Morgan fingerprint density at radius 1 is 1.44 bits per heavy atom. The zero-order chi connectivity index (χ0) is 13.0. The Kier molecular flexibility index (Phi) is 4.61. The largest absolute Gasteiger partial charge is 0.508 e. The molecule has 0 bridgehead atoms. The van der Waals surface area contributed by atoms with Gasteiger partial charge in [0.25, 0.3) is 0 Å². The zero-order valence-electron chi connectivity index (χ0n) is 11.0. The van der Waals surface area contributed by atoms with Crippen molar-refractivity contribution in [2.75, 3.05) is 6.54 Å². The molecule has 2 rings (SSSR count). The van der Waals surface area contributed by atoms with Crippen molar-refractivity contribution in [1.29, 1.82) is 0 Å². The molecule has 0 spiro atoms. The summed E-state index contributed by atoms with van der Waals surface area (Å²) in [6.45, 7) is 2.74. The van der Waals surface area contributed by atoms with Gasteiger partial charge in [-0.2, -0.15) is 0 Å². The summed E-state index contributed by atoms with van der Waals surface area (Å²) in [6, 6.07) is 5.95.